The summed E-state index contributed by atoms with van der Waals surface area (Å²) in [6.45, 7) is 6.82. The van der Waals surface area contributed by atoms with Gasteiger partial charge in [0.25, 0.3) is 0 Å². The first kappa shape index (κ1) is 16.9. The van der Waals surface area contributed by atoms with Crippen molar-refractivity contribution in [3.8, 4) is 0 Å². The number of hydrogen-bond acceptors (Lipinski definition) is 4. The minimum atomic E-state index is -3.54. The minimum absolute atomic E-state index is 0.253. The van der Waals surface area contributed by atoms with Gasteiger partial charge in [-0.3, -0.25) is 0 Å². The van der Waals surface area contributed by atoms with Gasteiger partial charge in [-0.05, 0) is 44.5 Å². The van der Waals surface area contributed by atoms with Gasteiger partial charge in [0.1, 0.15) is 0 Å². The van der Waals surface area contributed by atoms with E-state index in [4.69, 9.17) is 4.74 Å². The van der Waals surface area contributed by atoms with Crippen molar-refractivity contribution < 1.29 is 13.2 Å². The van der Waals surface area contributed by atoms with Crippen molar-refractivity contribution in [3.63, 3.8) is 0 Å². The lowest BCUT2D eigenvalue weighted by Crippen LogP contribution is -2.46. The Hall–Kier alpha value is -1.11. The smallest absolute Gasteiger partial charge is 0.241 e. The van der Waals surface area contributed by atoms with Crippen molar-refractivity contribution in [1.29, 1.82) is 0 Å². The lowest BCUT2D eigenvalue weighted by Gasteiger charge is -2.24. The Bertz CT molecular complexity index is 510. The van der Waals surface area contributed by atoms with Crippen molar-refractivity contribution in [3.05, 3.63) is 24.3 Å². The first-order valence-corrected chi connectivity index (χ1v) is 8.16. The van der Waals surface area contributed by atoms with Crippen LogP contribution in [0, 0.1) is 0 Å². The first-order valence-electron chi connectivity index (χ1n) is 6.67. The van der Waals surface area contributed by atoms with E-state index in [2.05, 4.69) is 17.0 Å². The van der Waals surface area contributed by atoms with E-state index >= 15 is 0 Å². The van der Waals surface area contributed by atoms with Crippen molar-refractivity contribution in [2.45, 2.75) is 37.6 Å². The highest BCUT2D eigenvalue weighted by Gasteiger charge is 2.26. The van der Waals surface area contributed by atoms with Gasteiger partial charge in [0.15, 0.2) is 0 Å². The molecule has 2 N–H and O–H groups in total. The molecule has 1 rings (SSSR count). The Morgan fingerprint density at radius 1 is 1.20 bits per heavy atom. The third-order valence-corrected chi connectivity index (χ3v) is 4.37. The molecular weight excluding hydrogens is 276 g/mol. The number of benzene rings is 1. The maximum absolute atomic E-state index is 12.3. The van der Waals surface area contributed by atoms with Crippen LogP contribution in [0.5, 0.6) is 0 Å². The Morgan fingerprint density at radius 3 is 2.30 bits per heavy atom. The molecule has 20 heavy (non-hydrogen) atoms. The second-order valence-electron chi connectivity index (χ2n) is 5.37. The van der Waals surface area contributed by atoms with Crippen molar-refractivity contribution in [2.24, 2.45) is 0 Å². The molecule has 0 aromatic heterocycles. The maximum atomic E-state index is 12.3. The van der Waals surface area contributed by atoms with Crippen molar-refractivity contribution >= 4 is 15.7 Å². The molecule has 0 saturated heterocycles. The average Bonchev–Trinajstić information content (AvgIpc) is 2.35. The summed E-state index contributed by atoms with van der Waals surface area (Å²) in [5.74, 6) is 0. The van der Waals surface area contributed by atoms with E-state index in [-0.39, 0.29) is 4.90 Å². The predicted molar refractivity (Wildman–Crippen MR) is 81.5 cm³/mol. The van der Waals surface area contributed by atoms with Crippen LogP contribution in [-0.4, -0.2) is 34.2 Å². The number of sulfonamides is 1. The minimum Gasteiger partial charge on any atom is -0.385 e. The molecule has 0 bridgehead atoms. The zero-order valence-corrected chi connectivity index (χ0v) is 13.4. The van der Waals surface area contributed by atoms with Crippen LogP contribution in [0.15, 0.2) is 29.2 Å². The van der Waals surface area contributed by atoms with Gasteiger partial charge in [-0.1, -0.05) is 6.92 Å². The Morgan fingerprint density at radius 2 is 1.80 bits per heavy atom. The van der Waals surface area contributed by atoms with E-state index in [0.29, 0.717) is 6.61 Å². The highest BCUT2D eigenvalue weighted by atomic mass is 32.2. The topological polar surface area (TPSA) is 67.4 Å². The van der Waals surface area contributed by atoms with E-state index < -0.39 is 15.6 Å². The fraction of sp³-hybridized carbons (Fsp3) is 0.571. The van der Waals surface area contributed by atoms with E-state index in [9.17, 15) is 8.42 Å². The molecule has 0 aliphatic carbocycles. The molecule has 0 amide bonds. The summed E-state index contributed by atoms with van der Waals surface area (Å²) in [5, 5.41) is 3.21. The van der Waals surface area contributed by atoms with Crippen LogP contribution >= 0.6 is 0 Å². The first-order chi connectivity index (χ1) is 9.30. The second kappa shape index (κ2) is 7.06. The van der Waals surface area contributed by atoms with Gasteiger partial charge in [0.05, 0.1) is 17.0 Å². The zero-order valence-electron chi connectivity index (χ0n) is 12.6. The van der Waals surface area contributed by atoms with Gasteiger partial charge in [-0.25, -0.2) is 13.1 Å². The summed E-state index contributed by atoms with van der Waals surface area (Å²) in [6.07, 6.45) is 1.02. The standard InChI is InChI=1S/C14H24N2O3S/c1-5-10-15-12-6-8-13(9-7-12)20(17,18)16-14(2,3)11-19-4/h6-9,15-16H,5,10-11H2,1-4H3. The third-order valence-electron chi connectivity index (χ3n) is 2.66. The lowest BCUT2D eigenvalue weighted by atomic mass is 10.1. The fourth-order valence-electron chi connectivity index (χ4n) is 1.83. The predicted octanol–water partition coefficient (Wildman–Crippen LogP) is 2.21. The third kappa shape index (κ3) is 5.11. The molecule has 0 atom stereocenters. The SMILES string of the molecule is CCCNc1ccc(S(=O)(=O)NC(C)(C)COC)cc1. The molecule has 0 aliphatic heterocycles. The van der Waals surface area contributed by atoms with Crippen LogP contribution in [0.4, 0.5) is 5.69 Å². The molecule has 0 heterocycles. The van der Waals surface area contributed by atoms with E-state index in [0.717, 1.165) is 18.7 Å². The van der Waals surface area contributed by atoms with Crippen LogP contribution in [0.2, 0.25) is 0 Å². The van der Waals surface area contributed by atoms with Crippen molar-refractivity contribution in [2.75, 3.05) is 25.6 Å². The molecule has 0 fully saturated rings. The fourth-order valence-corrected chi connectivity index (χ4v) is 3.23. The molecule has 0 saturated carbocycles. The summed E-state index contributed by atoms with van der Waals surface area (Å²) < 4.78 is 32.2. The van der Waals surface area contributed by atoms with Crippen LogP contribution in [-0.2, 0) is 14.8 Å². The van der Waals surface area contributed by atoms with Crippen LogP contribution in [0.25, 0.3) is 0 Å². The van der Waals surface area contributed by atoms with Gasteiger partial charge < -0.3 is 10.1 Å². The summed E-state index contributed by atoms with van der Waals surface area (Å²) in [6, 6.07) is 6.74. The largest absolute Gasteiger partial charge is 0.385 e. The summed E-state index contributed by atoms with van der Waals surface area (Å²) in [5.41, 5.74) is 0.272. The van der Waals surface area contributed by atoms with E-state index in [1.807, 2.05) is 0 Å². The number of ether oxygens (including phenoxy) is 1. The van der Waals surface area contributed by atoms with Gasteiger partial charge in [0.2, 0.25) is 10.0 Å². The molecule has 0 unspecified atom stereocenters. The molecule has 1 aromatic carbocycles. The number of methoxy groups -OCH3 is 1. The summed E-state index contributed by atoms with van der Waals surface area (Å²) in [7, 11) is -1.99. The number of hydrogen-bond donors (Lipinski definition) is 2. The Kier molecular flexibility index (Phi) is 5.98. The molecule has 114 valence electrons. The van der Waals surface area contributed by atoms with Gasteiger partial charge in [0, 0.05) is 19.3 Å². The second-order valence-corrected chi connectivity index (χ2v) is 7.06. The normalized spacial score (nSPS) is 12.4. The van der Waals surface area contributed by atoms with Gasteiger partial charge in [-0.15, -0.1) is 0 Å². The highest BCUT2D eigenvalue weighted by molar-refractivity contribution is 7.89. The molecule has 0 spiro atoms. The van der Waals surface area contributed by atoms with Gasteiger partial charge in [-0.2, -0.15) is 0 Å². The monoisotopic (exact) mass is 300 g/mol. The highest BCUT2D eigenvalue weighted by Crippen LogP contribution is 2.16. The maximum Gasteiger partial charge on any atom is 0.241 e. The van der Waals surface area contributed by atoms with Crippen LogP contribution in [0.1, 0.15) is 27.2 Å². The molecule has 6 heteroatoms. The molecule has 0 aliphatic rings. The zero-order chi connectivity index (χ0) is 15.2. The molecule has 1 aromatic rings. The molecular formula is C14H24N2O3S. The quantitative estimate of drug-likeness (QED) is 0.772. The summed E-state index contributed by atoms with van der Waals surface area (Å²) >= 11 is 0. The molecule has 0 radical (unpaired) electrons. The molecule has 5 nitrogen and oxygen atoms in total. The number of rotatable bonds is 8. The van der Waals surface area contributed by atoms with Crippen LogP contribution < -0.4 is 10.0 Å². The summed E-state index contributed by atoms with van der Waals surface area (Å²) in [4.78, 5) is 0.253. The Balaban J connectivity index is 2.82. The number of nitrogens with one attached hydrogen (secondary N) is 2. The van der Waals surface area contributed by atoms with E-state index in [1.165, 1.54) is 0 Å². The van der Waals surface area contributed by atoms with Gasteiger partial charge >= 0.3 is 0 Å². The van der Waals surface area contributed by atoms with Crippen LogP contribution in [0.3, 0.4) is 0 Å². The number of anilines is 1. The van der Waals surface area contributed by atoms with Crippen molar-refractivity contribution in [1.82, 2.24) is 4.72 Å². The Labute approximate surface area is 121 Å². The lowest BCUT2D eigenvalue weighted by molar-refractivity contribution is 0.141. The average molecular weight is 300 g/mol. The van der Waals surface area contributed by atoms with E-state index in [1.54, 1.807) is 45.2 Å².